The van der Waals surface area contributed by atoms with E-state index in [1.807, 2.05) is 12.1 Å². The molecule has 0 amide bonds. The SMILES string of the molecule is c1ccc(CCCc2ncn3nccc3n2)cc1. The maximum atomic E-state index is 4.46. The molecule has 0 atom stereocenters. The fraction of sp³-hybridized carbons (Fsp3) is 0.214. The lowest BCUT2D eigenvalue weighted by Crippen LogP contribution is -2.00. The second kappa shape index (κ2) is 4.96. The van der Waals surface area contributed by atoms with E-state index in [0.29, 0.717) is 0 Å². The normalized spacial score (nSPS) is 10.9. The molecule has 0 aliphatic heterocycles. The third kappa shape index (κ3) is 2.37. The summed E-state index contributed by atoms with van der Waals surface area (Å²) in [6, 6.07) is 12.4. The number of nitrogens with zero attached hydrogens (tertiary/aromatic N) is 4. The maximum Gasteiger partial charge on any atom is 0.158 e. The van der Waals surface area contributed by atoms with Crippen molar-refractivity contribution < 1.29 is 0 Å². The molecule has 2 heterocycles. The van der Waals surface area contributed by atoms with Gasteiger partial charge in [-0.05, 0) is 18.4 Å². The van der Waals surface area contributed by atoms with Gasteiger partial charge in [-0.3, -0.25) is 0 Å². The van der Waals surface area contributed by atoms with Gasteiger partial charge in [-0.1, -0.05) is 30.3 Å². The molecule has 0 fully saturated rings. The van der Waals surface area contributed by atoms with Crippen LogP contribution < -0.4 is 0 Å². The van der Waals surface area contributed by atoms with Gasteiger partial charge in [0.1, 0.15) is 12.2 Å². The van der Waals surface area contributed by atoms with E-state index in [9.17, 15) is 0 Å². The molecule has 0 N–H and O–H groups in total. The molecule has 1 aromatic carbocycles. The van der Waals surface area contributed by atoms with Gasteiger partial charge < -0.3 is 0 Å². The van der Waals surface area contributed by atoms with Crippen molar-refractivity contribution >= 4 is 5.65 Å². The molecule has 0 saturated carbocycles. The van der Waals surface area contributed by atoms with Gasteiger partial charge in [-0.15, -0.1) is 0 Å². The Morgan fingerprint density at radius 1 is 1.00 bits per heavy atom. The zero-order valence-electron chi connectivity index (χ0n) is 10.0. The fourth-order valence-electron chi connectivity index (χ4n) is 1.98. The van der Waals surface area contributed by atoms with E-state index in [-0.39, 0.29) is 0 Å². The van der Waals surface area contributed by atoms with Crippen LogP contribution in [0.25, 0.3) is 5.65 Å². The van der Waals surface area contributed by atoms with Crippen LogP contribution in [0.4, 0.5) is 0 Å². The molecule has 90 valence electrons. The average Bonchev–Trinajstić information content (AvgIpc) is 2.87. The highest BCUT2D eigenvalue weighted by Gasteiger charge is 2.00. The topological polar surface area (TPSA) is 43.1 Å². The number of benzene rings is 1. The first-order valence-electron chi connectivity index (χ1n) is 6.11. The van der Waals surface area contributed by atoms with Gasteiger partial charge in [-0.2, -0.15) is 5.10 Å². The Balaban J connectivity index is 1.62. The zero-order chi connectivity index (χ0) is 12.2. The van der Waals surface area contributed by atoms with Crippen LogP contribution in [0.2, 0.25) is 0 Å². The van der Waals surface area contributed by atoms with Crippen LogP contribution in [0.5, 0.6) is 0 Å². The largest absolute Gasteiger partial charge is 0.221 e. The lowest BCUT2D eigenvalue weighted by molar-refractivity contribution is 0.753. The number of hydrogen-bond acceptors (Lipinski definition) is 3. The van der Waals surface area contributed by atoms with Gasteiger partial charge in [0.05, 0.1) is 6.20 Å². The van der Waals surface area contributed by atoms with Crippen LogP contribution in [0.15, 0.2) is 48.9 Å². The van der Waals surface area contributed by atoms with E-state index in [1.165, 1.54) is 5.56 Å². The van der Waals surface area contributed by atoms with E-state index in [4.69, 9.17) is 0 Å². The smallest absolute Gasteiger partial charge is 0.158 e. The summed E-state index contributed by atoms with van der Waals surface area (Å²) in [5.74, 6) is 0.888. The summed E-state index contributed by atoms with van der Waals surface area (Å²) in [5.41, 5.74) is 2.22. The molecule has 4 nitrogen and oxygen atoms in total. The van der Waals surface area contributed by atoms with E-state index in [2.05, 4.69) is 39.3 Å². The Labute approximate surface area is 105 Å². The molecule has 0 unspecified atom stereocenters. The Morgan fingerprint density at radius 2 is 1.89 bits per heavy atom. The molecule has 0 spiro atoms. The molecule has 0 bridgehead atoms. The van der Waals surface area contributed by atoms with Crippen molar-refractivity contribution in [2.24, 2.45) is 0 Å². The van der Waals surface area contributed by atoms with Crippen LogP contribution in [-0.2, 0) is 12.8 Å². The predicted octanol–water partition coefficient (Wildman–Crippen LogP) is 2.30. The van der Waals surface area contributed by atoms with E-state index < -0.39 is 0 Å². The van der Waals surface area contributed by atoms with Gasteiger partial charge in [0.2, 0.25) is 0 Å². The Hall–Kier alpha value is -2.23. The number of aromatic nitrogens is 4. The number of fused-ring (bicyclic) bond motifs is 1. The molecule has 3 aromatic rings. The Morgan fingerprint density at radius 3 is 2.78 bits per heavy atom. The van der Waals surface area contributed by atoms with Crippen LogP contribution in [-0.4, -0.2) is 19.6 Å². The lowest BCUT2D eigenvalue weighted by Gasteiger charge is -2.01. The zero-order valence-corrected chi connectivity index (χ0v) is 10.0. The van der Waals surface area contributed by atoms with Crippen LogP contribution in [0, 0.1) is 0 Å². The summed E-state index contributed by atoms with van der Waals surface area (Å²) in [7, 11) is 0. The van der Waals surface area contributed by atoms with Crippen molar-refractivity contribution in [1.82, 2.24) is 19.6 Å². The highest BCUT2D eigenvalue weighted by Crippen LogP contribution is 2.06. The first kappa shape index (κ1) is 10.9. The van der Waals surface area contributed by atoms with Crippen molar-refractivity contribution in [3.05, 3.63) is 60.3 Å². The minimum Gasteiger partial charge on any atom is -0.221 e. The van der Waals surface area contributed by atoms with Gasteiger partial charge in [0.15, 0.2) is 5.65 Å². The van der Waals surface area contributed by atoms with Gasteiger partial charge >= 0.3 is 0 Å². The molecule has 2 aromatic heterocycles. The number of aryl methyl sites for hydroxylation is 2. The van der Waals surface area contributed by atoms with Crippen LogP contribution >= 0.6 is 0 Å². The third-order valence-electron chi connectivity index (χ3n) is 2.92. The molecular formula is C14H14N4. The molecule has 0 radical (unpaired) electrons. The second-order valence-electron chi connectivity index (χ2n) is 4.25. The monoisotopic (exact) mass is 238 g/mol. The van der Waals surface area contributed by atoms with Gasteiger partial charge in [0, 0.05) is 12.5 Å². The lowest BCUT2D eigenvalue weighted by atomic mass is 10.1. The predicted molar refractivity (Wildman–Crippen MR) is 69.2 cm³/mol. The molecular weight excluding hydrogens is 224 g/mol. The van der Waals surface area contributed by atoms with E-state index >= 15 is 0 Å². The van der Waals surface area contributed by atoms with Crippen LogP contribution in [0.3, 0.4) is 0 Å². The molecule has 0 saturated heterocycles. The number of rotatable bonds is 4. The number of hydrogen-bond donors (Lipinski definition) is 0. The molecule has 0 aliphatic carbocycles. The van der Waals surface area contributed by atoms with E-state index in [1.54, 1.807) is 17.0 Å². The molecule has 0 aliphatic rings. The van der Waals surface area contributed by atoms with E-state index in [0.717, 1.165) is 30.7 Å². The first-order valence-corrected chi connectivity index (χ1v) is 6.11. The second-order valence-corrected chi connectivity index (χ2v) is 4.25. The van der Waals surface area contributed by atoms with Gasteiger partial charge in [-0.25, -0.2) is 14.5 Å². The average molecular weight is 238 g/mol. The summed E-state index contributed by atoms with van der Waals surface area (Å²) >= 11 is 0. The minimum absolute atomic E-state index is 0.861. The standard InChI is InChI=1S/C14H14N4/c1-2-5-12(6-3-1)7-4-8-13-15-11-18-14(17-13)9-10-16-18/h1-3,5-6,9-11H,4,7-8H2. The molecule has 18 heavy (non-hydrogen) atoms. The Bertz CT molecular complexity index is 630. The quantitative estimate of drug-likeness (QED) is 0.700. The molecule has 4 heteroatoms. The summed E-state index contributed by atoms with van der Waals surface area (Å²) in [6.45, 7) is 0. The van der Waals surface area contributed by atoms with Gasteiger partial charge in [0.25, 0.3) is 0 Å². The highest BCUT2D eigenvalue weighted by molar-refractivity contribution is 5.34. The highest BCUT2D eigenvalue weighted by atomic mass is 15.3. The maximum absolute atomic E-state index is 4.46. The van der Waals surface area contributed by atoms with Crippen molar-refractivity contribution in [3.63, 3.8) is 0 Å². The summed E-state index contributed by atoms with van der Waals surface area (Å²) in [4.78, 5) is 8.76. The van der Waals surface area contributed by atoms with Crippen molar-refractivity contribution in [3.8, 4) is 0 Å². The van der Waals surface area contributed by atoms with Crippen molar-refractivity contribution in [2.75, 3.05) is 0 Å². The first-order chi connectivity index (χ1) is 8.92. The minimum atomic E-state index is 0.861. The Kier molecular flexibility index (Phi) is 3.00. The van der Waals surface area contributed by atoms with Crippen molar-refractivity contribution in [1.29, 1.82) is 0 Å². The molecule has 3 rings (SSSR count). The summed E-state index contributed by atoms with van der Waals surface area (Å²) in [6.07, 6.45) is 6.48. The third-order valence-corrected chi connectivity index (χ3v) is 2.92. The summed E-state index contributed by atoms with van der Waals surface area (Å²) < 4.78 is 1.68. The van der Waals surface area contributed by atoms with Crippen molar-refractivity contribution in [2.45, 2.75) is 19.3 Å². The van der Waals surface area contributed by atoms with Crippen LogP contribution in [0.1, 0.15) is 17.8 Å². The summed E-state index contributed by atoms with van der Waals surface area (Å²) in [5, 5.41) is 4.08. The fourth-order valence-corrected chi connectivity index (χ4v) is 1.98.